The molecule has 0 aromatic heterocycles. The van der Waals surface area contributed by atoms with E-state index in [1.54, 1.807) is 0 Å². The number of benzene rings is 1. The number of nitrogens with one attached hydrogen (secondary N) is 1. The summed E-state index contributed by atoms with van der Waals surface area (Å²) in [6.07, 6.45) is 3.54. The molecule has 1 heterocycles. The molecule has 0 spiro atoms. The van der Waals surface area contributed by atoms with Crippen LogP contribution in [0.4, 0.5) is 5.69 Å². The van der Waals surface area contributed by atoms with Gasteiger partial charge in [0.2, 0.25) is 5.91 Å². The van der Waals surface area contributed by atoms with Crippen LogP contribution in [0.3, 0.4) is 0 Å². The minimum absolute atomic E-state index is 0.147. The van der Waals surface area contributed by atoms with Crippen molar-refractivity contribution in [1.82, 2.24) is 4.90 Å². The van der Waals surface area contributed by atoms with Gasteiger partial charge in [-0.2, -0.15) is 0 Å². The molecule has 1 N–H and O–H groups in total. The first-order valence-corrected chi connectivity index (χ1v) is 6.79. The SMILES string of the molecule is Cc1ccc(NC(C)C(=O)N2CCCCC2)cc1. The van der Waals surface area contributed by atoms with Crippen molar-refractivity contribution in [2.24, 2.45) is 0 Å². The van der Waals surface area contributed by atoms with E-state index in [-0.39, 0.29) is 11.9 Å². The fraction of sp³-hybridized carbons (Fsp3) is 0.533. The van der Waals surface area contributed by atoms with Crippen LogP contribution in [0.5, 0.6) is 0 Å². The first kappa shape index (κ1) is 12.9. The number of carbonyl (C=O) groups is 1. The molecule has 2 rings (SSSR count). The lowest BCUT2D eigenvalue weighted by Crippen LogP contribution is -2.43. The summed E-state index contributed by atoms with van der Waals surface area (Å²) in [4.78, 5) is 14.2. The van der Waals surface area contributed by atoms with E-state index in [0.717, 1.165) is 31.6 Å². The van der Waals surface area contributed by atoms with E-state index < -0.39 is 0 Å². The van der Waals surface area contributed by atoms with Crippen molar-refractivity contribution in [3.05, 3.63) is 29.8 Å². The number of hydrogen-bond donors (Lipinski definition) is 1. The fourth-order valence-corrected chi connectivity index (χ4v) is 2.35. The summed E-state index contributed by atoms with van der Waals surface area (Å²) in [6.45, 7) is 5.83. The molecule has 1 aromatic rings. The number of aryl methyl sites for hydroxylation is 1. The van der Waals surface area contributed by atoms with Gasteiger partial charge in [0.25, 0.3) is 0 Å². The van der Waals surface area contributed by atoms with E-state index in [9.17, 15) is 4.79 Å². The van der Waals surface area contributed by atoms with Gasteiger partial charge in [0.05, 0.1) is 0 Å². The summed E-state index contributed by atoms with van der Waals surface area (Å²) >= 11 is 0. The van der Waals surface area contributed by atoms with Crippen molar-refractivity contribution in [1.29, 1.82) is 0 Å². The van der Waals surface area contributed by atoms with Crippen molar-refractivity contribution < 1.29 is 4.79 Å². The molecule has 3 heteroatoms. The summed E-state index contributed by atoms with van der Waals surface area (Å²) in [6, 6.07) is 8.01. The van der Waals surface area contributed by atoms with Crippen molar-refractivity contribution in [2.45, 2.75) is 39.2 Å². The second kappa shape index (κ2) is 5.89. The Bertz CT molecular complexity index is 393. The lowest BCUT2D eigenvalue weighted by molar-refractivity contribution is -0.132. The minimum atomic E-state index is -0.147. The maximum atomic E-state index is 12.2. The zero-order valence-corrected chi connectivity index (χ0v) is 11.3. The molecule has 0 bridgehead atoms. The maximum absolute atomic E-state index is 12.2. The second-order valence-electron chi connectivity index (χ2n) is 5.12. The van der Waals surface area contributed by atoms with Gasteiger partial charge in [0.15, 0.2) is 0 Å². The van der Waals surface area contributed by atoms with Crippen LogP contribution in [-0.2, 0) is 4.79 Å². The Morgan fingerprint density at radius 1 is 1.17 bits per heavy atom. The molecule has 1 saturated heterocycles. The normalized spacial score (nSPS) is 17.3. The van der Waals surface area contributed by atoms with E-state index in [0.29, 0.717) is 0 Å². The highest BCUT2D eigenvalue weighted by atomic mass is 16.2. The predicted molar refractivity (Wildman–Crippen MR) is 74.7 cm³/mol. The Balaban J connectivity index is 1.92. The topological polar surface area (TPSA) is 32.3 Å². The van der Waals surface area contributed by atoms with E-state index in [4.69, 9.17) is 0 Å². The number of carbonyl (C=O) groups excluding carboxylic acids is 1. The molecular weight excluding hydrogens is 224 g/mol. The zero-order valence-electron chi connectivity index (χ0n) is 11.3. The second-order valence-corrected chi connectivity index (χ2v) is 5.12. The summed E-state index contributed by atoms with van der Waals surface area (Å²) in [5, 5.41) is 3.27. The molecule has 0 saturated carbocycles. The maximum Gasteiger partial charge on any atom is 0.244 e. The molecule has 0 radical (unpaired) electrons. The average Bonchev–Trinajstić information content (AvgIpc) is 2.41. The molecule has 0 aliphatic carbocycles. The zero-order chi connectivity index (χ0) is 13.0. The fourth-order valence-electron chi connectivity index (χ4n) is 2.35. The van der Waals surface area contributed by atoms with Gasteiger partial charge in [-0.25, -0.2) is 0 Å². The lowest BCUT2D eigenvalue weighted by Gasteiger charge is -2.29. The smallest absolute Gasteiger partial charge is 0.244 e. The third kappa shape index (κ3) is 3.25. The minimum Gasteiger partial charge on any atom is -0.374 e. The molecule has 1 aromatic carbocycles. The predicted octanol–water partition coefficient (Wildman–Crippen LogP) is 2.81. The Morgan fingerprint density at radius 3 is 2.39 bits per heavy atom. The molecule has 1 aliphatic rings. The van der Waals surface area contributed by atoms with Gasteiger partial charge in [-0.3, -0.25) is 4.79 Å². The van der Waals surface area contributed by atoms with Crippen LogP contribution in [0.15, 0.2) is 24.3 Å². The third-order valence-corrected chi connectivity index (χ3v) is 3.47. The molecule has 1 unspecified atom stereocenters. The third-order valence-electron chi connectivity index (χ3n) is 3.47. The molecule has 98 valence electrons. The first-order valence-electron chi connectivity index (χ1n) is 6.79. The summed E-state index contributed by atoms with van der Waals surface area (Å²) in [5.74, 6) is 0.218. The largest absolute Gasteiger partial charge is 0.374 e. The number of amides is 1. The average molecular weight is 246 g/mol. The van der Waals surface area contributed by atoms with Crippen LogP contribution >= 0.6 is 0 Å². The van der Waals surface area contributed by atoms with E-state index in [1.165, 1.54) is 12.0 Å². The molecule has 3 nitrogen and oxygen atoms in total. The molecular formula is C15H22N2O. The van der Waals surface area contributed by atoms with E-state index >= 15 is 0 Å². The summed E-state index contributed by atoms with van der Waals surface area (Å²) < 4.78 is 0. The van der Waals surface area contributed by atoms with Gasteiger partial charge in [-0.1, -0.05) is 17.7 Å². The summed E-state index contributed by atoms with van der Waals surface area (Å²) in [7, 11) is 0. The van der Waals surface area contributed by atoms with Crippen molar-refractivity contribution in [2.75, 3.05) is 18.4 Å². The van der Waals surface area contributed by atoms with Gasteiger partial charge in [0.1, 0.15) is 6.04 Å². The number of piperidine rings is 1. The Kier molecular flexibility index (Phi) is 4.24. The number of anilines is 1. The quantitative estimate of drug-likeness (QED) is 0.889. The van der Waals surface area contributed by atoms with Gasteiger partial charge in [-0.15, -0.1) is 0 Å². The highest BCUT2D eigenvalue weighted by Crippen LogP contribution is 2.14. The van der Waals surface area contributed by atoms with E-state index in [2.05, 4.69) is 24.4 Å². The van der Waals surface area contributed by atoms with Crippen LogP contribution in [0.25, 0.3) is 0 Å². The number of hydrogen-bond acceptors (Lipinski definition) is 2. The first-order chi connectivity index (χ1) is 8.66. The van der Waals surface area contributed by atoms with Gasteiger partial charge in [0, 0.05) is 18.8 Å². The van der Waals surface area contributed by atoms with Crippen molar-refractivity contribution in [3.63, 3.8) is 0 Å². The molecule has 1 atom stereocenters. The molecule has 18 heavy (non-hydrogen) atoms. The Labute approximate surface area is 109 Å². The number of nitrogens with zero attached hydrogens (tertiary/aromatic N) is 1. The number of rotatable bonds is 3. The van der Waals surface area contributed by atoms with Crippen LogP contribution in [0.1, 0.15) is 31.7 Å². The van der Waals surface area contributed by atoms with Gasteiger partial charge in [-0.05, 0) is 45.2 Å². The molecule has 1 aliphatic heterocycles. The van der Waals surface area contributed by atoms with E-state index in [1.807, 2.05) is 24.0 Å². The van der Waals surface area contributed by atoms with Gasteiger partial charge >= 0.3 is 0 Å². The van der Waals surface area contributed by atoms with Crippen molar-refractivity contribution in [3.8, 4) is 0 Å². The van der Waals surface area contributed by atoms with Crippen LogP contribution in [-0.4, -0.2) is 29.9 Å². The molecule has 1 amide bonds. The summed E-state index contributed by atoms with van der Waals surface area (Å²) in [5.41, 5.74) is 2.24. The Hall–Kier alpha value is -1.51. The van der Waals surface area contributed by atoms with Gasteiger partial charge < -0.3 is 10.2 Å². The van der Waals surface area contributed by atoms with Crippen LogP contribution < -0.4 is 5.32 Å². The highest BCUT2D eigenvalue weighted by molar-refractivity contribution is 5.84. The van der Waals surface area contributed by atoms with Crippen LogP contribution in [0, 0.1) is 6.92 Å². The lowest BCUT2D eigenvalue weighted by atomic mass is 10.1. The van der Waals surface area contributed by atoms with Crippen molar-refractivity contribution >= 4 is 11.6 Å². The standard InChI is InChI=1S/C15H22N2O/c1-12-6-8-14(9-7-12)16-13(2)15(18)17-10-4-3-5-11-17/h6-9,13,16H,3-5,10-11H2,1-2H3. The highest BCUT2D eigenvalue weighted by Gasteiger charge is 2.21. The Morgan fingerprint density at radius 2 is 1.78 bits per heavy atom. The van der Waals surface area contributed by atoms with Crippen LogP contribution in [0.2, 0.25) is 0 Å². The molecule has 1 fully saturated rings. The number of likely N-dealkylation sites (tertiary alicyclic amines) is 1. The monoisotopic (exact) mass is 246 g/mol.